The first-order valence-electron chi connectivity index (χ1n) is 8.55. The Morgan fingerprint density at radius 3 is 2.35 bits per heavy atom. The van der Waals surface area contributed by atoms with Crippen molar-refractivity contribution in [1.29, 1.82) is 0 Å². The summed E-state index contributed by atoms with van der Waals surface area (Å²) in [5.74, 6) is 1.91. The zero-order valence-corrected chi connectivity index (χ0v) is 14.9. The van der Waals surface area contributed by atoms with E-state index in [9.17, 15) is 9.59 Å². The van der Waals surface area contributed by atoms with Gasteiger partial charge in [-0.2, -0.15) is 0 Å². The molecule has 0 saturated carbocycles. The third-order valence-corrected chi connectivity index (χ3v) is 4.02. The van der Waals surface area contributed by atoms with Gasteiger partial charge in [0.2, 0.25) is 0 Å². The molecule has 2 aromatic carbocycles. The molecule has 0 bridgehead atoms. The van der Waals surface area contributed by atoms with E-state index in [2.05, 4.69) is 5.32 Å². The van der Waals surface area contributed by atoms with Crippen LogP contribution in [0.3, 0.4) is 0 Å². The van der Waals surface area contributed by atoms with E-state index in [-0.39, 0.29) is 11.9 Å². The predicted molar refractivity (Wildman–Crippen MR) is 97.4 cm³/mol. The summed E-state index contributed by atoms with van der Waals surface area (Å²) in [6.07, 6.45) is 0.555. The molecule has 6 nitrogen and oxygen atoms in total. The second-order valence-corrected chi connectivity index (χ2v) is 6.60. The number of benzene rings is 2. The van der Waals surface area contributed by atoms with Crippen LogP contribution in [0.25, 0.3) is 0 Å². The predicted octanol–water partition coefficient (Wildman–Crippen LogP) is 3.58. The molecule has 1 aliphatic rings. The lowest BCUT2D eigenvalue weighted by Crippen LogP contribution is -2.40. The van der Waals surface area contributed by atoms with Crippen LogP contribution < -0.4 is 14.8 Å². The van der Waals surface area contributed by atoms with Crippen molar-refractivity contribution >= 4 is 11.9 Å². The fourth-order valence-electron chi connectivity index (χ4n) is 2.69. The summed E-state index contributed by atoms with van der Waals surface area (Å²) in [5.41, 5.74) is -0.832. The topological polar surface area (TPSA) is 67.9 Å². The van der Waals surface area contributed by atoms with Gasteiger partial charge in [0.1, 0.15) is 22.8 Å². The van der Waals surface area contributed by atoms with Gasteiger partial charge in [0.25, 0.3) is 5.91 Å². The van der Waals surface area contributed by atoms with Crippen LogP contribution in [0.1, 0.15) is 20.3 Å². The number of hydrogen-bond donors (Lipinski definition) is 1. The number of para-hydroxylation sites is 1. The smallest absolute Gasteiger partial charge is 0.325 e. The minimum atomic E-state index is -0.832. The van der Waals surface area contributed by atoms with Gasteiger partial charge in [-0.05, 0) is 44.5 Å². The van der Waals surface area contributed by atoms with E-state index in [0.717, 1.165) is 5.75 Å². The standard InChI is InChI=1S/C20H22N2O4/c1-20(2)18(23)22(19(24)21-20)12-7-13-25-16-10-6-11-17(14-16)26-15-8-4-3-5-9-15/h3-6,8-11,14H,7,12-13H2,1-2H3,(H,21,24). The number of urea groups is 1. The SMILES string of the molecule is CC1(C)NC(=O)N(CCCOc2cccc(Oc3ccccc3)c2)C1=O. The molecule has 3 rings (SSSR count). The molecule has 1 heterocycles. The van der Waals surface area contributed by atoms with Crippen LogP contribution in [0.2, 0.25) is 0 Å². The van der Waals surface area contributed by atoms with Gasteiger partial charge in [-0.25, -0.2) is 4.79 Å². The molecule has 0 spiro atoms. The summed E-state index contributed by atoms with van der Waals surface area (Å²) < 4.78 is 11.5. The number of rotatable bonds is 7. The number of imide groups is 1. The quantitative estimate of drug-likeness (QED) is 0.610. The molecular weight excluding hydrogens is 332 g/mol. The van der Waals surface area contributed by atoms with E-state index in [1.807, 2.05) is 54.6 Å². The molecule has 0 atom stereocenters. The van der Waals surface area contributed by atoms with Gasteiger partial charge >= 0.3 is 6.03 Å². The van der Waals surface area contributed by atoms with E-state index >= 15 is 0 Å². The Balaban J connectivity index is 1.49. The van der Waals surface area contributed by atoms with E-state index < -0.39 is 5.54 Å². The van der Waals surface area contributed by atoms with Crippen molar-refractivity contribution in [1.82, 2.24) is 10.2 Å². The number of ether oxygens (including phenoxy) is 2. The van der Waals surface area contributed by atoms with Crippen LogP contribution in [0.15, 0.2) is 54.6 Å². The minimum Gasteiger partial charge on any atom is -0.493 e. The highest BCUT2D eigenvalue weighted by atomic mass is 16.5. The summed E-state index contributed by atoms with van der Waals surface area (Å²) in [6, 6.07) is 16.5. The molecule has 136 valence electrons. The number of carbonyl (C=O) groups is 2. The van der Waals surface area contributed by atoms with Crippen molar-refractivity contribution in [2.24, 2.45) is 0 Å². The first-order valence-corrected chi connectivity index (χ1v) is 8.55. The van der Waals surface area contributed by atoms with Crippen molar-refractivity contribution in [3.05, 3.63) is 54.6 Å². The molecule has 1 aliphatic heterocycles. The minimum absolute atomic E-state index is 0.208. The Labute approximate surface area is 152 Å². The van der Waals surface area contributed by atoms with Gasteiger partial charge in [-0.1, -0.05) is 24.3 Å². The van der Waals surface area contributed by atoms with Gasteiger partial charge in [0.15, 0.2) is 0 Å². The Morgan fingerprint density at radius 2 is 1.65 bits per heavy atom. The van der Waals surface area contributed by atoms with E-state index in [0.29, 0.717) is 31.1 Å². The first-order chi connectivity index (χ1) is 12.5. The number of nitrogens with one attached hydrogen (secondary N) is 1. The summed E-state index contributed by atoms with van der Waals surface area (Å²) in [4.78, 5) is 25.2. The zero-order valence-electron chi connectivity index (χ0n) is 14.9. The number of nitrogens with zero attached hydrogens (tertiary/aromatic N) is 1. The lowest BCUT2D eigenvalue weighted by Gasteiger charge is -2.16. The van der Waals surface area contributed by atoms with Gasteiger partial charge in [0.05, 0.1) is 6.61 Å². The summed E-state index contributed by atoms with van der Waals surface area (Å²) in [6.45, 7) is 4.12. The molecular formula is C20H22N2O4. The Kier molecular flexibility index (Phi) is 5.11. The maximum Gasteiger partial charge on any atom is 0.325 e. The molecule has 0 unspecified atom stereocenters. The summed E-state index contributed by atoms with van der Waals surface area (Å²) >= 11 is 0. The molecule has 0 radical (unpaired) electrons. The van der Waals surface area contributed by atoms with Gasteiger partial charge < -0.3 is 14.8 Å². The van der Waals surface area contributed by atoms with Gasteiger partial charge in [-0.15, -0.1) is 0 Å². The third kappa shape index (κ3) is 4.14. The Hall–Kier alpha value is -3.02. The van der Waals surface area contributed by atoms with Crippen LogP contribution in [-0.4, -0.2) is 35.5 Å². The maximum atomic E-state index is 12.1. The highest BCUT2D eigenvalue weighted by molar-refractivity contribution is 6.06. The molecule has 6 heteroatoms. The molecule has 0 aliphatic carbocycles. The van der Waals surface area contributed by atoms with Gasteiger partial charge in [0, 0.05) is 12.6 Å². The van der Waals surface area contributed by atoms with Crippen LogP contribution in [0.4, 0.5) is 4.79 Å². The second-order valence-electron chi connectivity index (χ2n) is 6.60. The van der Waals surface area contributed by atoms with Gasteiger partial charge in [-0.3, -0.25) is 9.69 Å². The average molecular weight is 354 g/mol. The largest absolute Gasteiger partial charge is 0.493 e. The molecule has 3 amide bonds. The Morgan fingerprint density at radius 1 is 0.962 bits per heavy atom. The normalized spacial score (nSPS) is 15.7. The fraction of sp³-hybridized carbons (Fsp3) is 0.300. The number of carbonyl (C=O) groups excluding carboxylic acids is 2. The van der Waals surface area contributed by atoms with Crippen molar-refractivity contribution < 1.29 is 19.1 Å². The molecule has 1 N–H and O–H groups in total. The van der Waals surface area contributed by atoms with Crippen molar-refractivity contribution in [3.8, 4) is 17.2 Å². The van der Waals surface area contributed by atoms with Crippen LogP contribution in [-0.2, 0) is 4.79 Å². The van der Waals surface area contributed by atoms with Crippen LogP contribution in [0.5, 0.6) is 17.2 Å². The molecule has 2 aromatic rings. The van der Waals surface area contributed by atoms with E-state index in [4.69, 9.17) is 9.47 Å². The zero-order chi connectivity index (χ0) is 18.6. The monoisotopic (exact) mass is 354 g/mol. The molecule has 1 saturated heterocycles. The molecule has 1 fully saturated rings. The summed E-state index contributed by atoms with van der Waals surface area (Å²) in [7, 11) is 0. The highest BCUT2D eigenvalue weighted by Crippen LogP contribution is 2.25. The van der Waals surface area contributed by atoms with Crippen LogP contribution >= 0.6 is 0 Å². The lowest BCUT2D eigenvalue weighted by molar-refractivity contribution is -0.130. The molecule has 0 aromatic heterocycles. The molecule has 26 heavy (non-hydrogen) atoms. The number of hydrogen-bond acceptors (Lipinski definition) is 4. The highest BCUT2D eigenvalue weighted by Gasteiger charge is 2.43. The third-order valence-electron chi connectivity index (χ3n) is 4.02. The Bertz CT molecular complexity index is 789. The van der Waals surface area contributed by atoms with Crippen LogP contribution in [0, 0.1) is 0 Å². The van der Waals surface area contributed by atoms with Crippen molar-refractivity contribution in [3.63, 3.8) is 0 Å². The maximum absolute atomic E-state index is 12.1. The summed E-state index contributed by atoms with van der Waals surface area (Å²) in [5, 5.41) is 2.66. The first kappa shape index (κ1) is 17.8. The second kappa shape index (κ2) is 7.47. The lowest BCUT2D eigenvalue weighted by atomic mass is 10.1. The number of amides is 3. The van der Waals surface area contributed by atoms with Crippen molar-refractivity contribution in [2.75, 3.05) is 13.2 Å². The van der Waals surface area contributed by atoms with E-state index in [1.54, 1.807) is 13.8 Å². The average Bonchev–Trinajstić information content (AvgIpc) is 2.81. The fourth-order valence-corrected chi connectivity index (χ4v) is 2.69. The van der Waals surface area contributed by atoms with Crippen molar-refractivity contribution in [2.45, 2.75) is 25.8 Å². The van der Waals surface area contributed by atoms with E-state index in [1.165, 1.54) is 4.90 Å².